The Balaban J connectivity index is 1.51. The molecule has 146 valence electrons. The van der Waals surface area contributed by atoms with E-state index >= 15 is 0 Å². The highest BCUT2D eigenvalue weighted by Gasteiger charge is 2.14. The van der Waals surface area contributed by atoms with Crippen LogP contribution in [-0.2, 0) is 16.4 Å². The molecular formula is C21H28N2O3S. The van der Waals surface area contributed by atoms with Crippen LogP contribution in [0.1, 0.15) is 31.7 Å². The van der Waals surface area contributed by atoms with Gasteiger partial charge in [-0.2, -0.15) is 0 Å². The molecule has 6 heteroatoms. The van der Waals surface area contributed by atoms with E-state index in [4.69, 9.17) is 4.74 Å². The van der Waals surface area contributed by atoms with Gasteiger partial charge in [0.15, 0.2) is 0 Å². The molecule has 5 nitrogen and oxygen atoms in total. The van der Waals surface area contributed by atoms with Crippen molar-refractivity contribution in [3.63, 3.8) is 0 Å². The zero-order valence-electron chi connectivity index (χ0n) is 15.9. The lowest BCUT2D eigenvalue weighted by Gasteiger charge is -2.17. The summed E-state index contributed by atoms with van der Waals surface area (Å²) in [5.41, 5.74) is 2.38. The van der Waals surface area contributed by atoms with Gasteiger partial charge in [-0.3, -0.25) is 0 Å². The molecule has 3 rings (SSSR count). The van der Waals surface area contributed by atoms with Gasteiger partial charge >= 0.3 is 0 Å². The van der Waals surface area contributed by atoms with Crippen LogP contribution in [0.5, 0.6) is 5.75 Å². The normalized spacial score (nSPS) is 14.5. The number of nitrogens with zero attached hydrogens (tertiary/aromatic N) is 1. The Labute approximate surface area is 162 Å². The summed E-state index contributed by atoms with van der Waals surface area (Å²) in [6, 6.07) is 15.0. The van der Waals surface area contributed by atoms with Crippen LogP contribution in [0.4, 0.5) is 5.69 Å². The van der Waals surface area contributed by atoms with Crippen LogP contribution in [-0.4, -0.2) is 34.7 Å². The molecule has 2 aromatic carbocycles. The first-order valence-corrected chi connectivity index (χ1v) is 11.1. The van der Waals surface area contributed by atoms with Gasteiger partial charge in [-0.25, -0.2) is 13.1 Å². The molecule has 1 N–H and O–H groups in total. The van der Waals surface area contributed by atoms with Gasteiger partial charge in [0.1, 0.15) is 5.75 Å². The van der Waals surface area contributed by atoms with E-state index in [2.05, 4.69) is 33.9 Å². The maximum Gasteiger partial charge on any atom is 0.240 e. The lowest BCUT2D eigenvalue weighted by molar-refractivity contribution is 0.317. The zero-order valence-corrected chi connectivity index (χ0v) is 16.7. The third-order valence-electron chi connectivity index (χ3n) is 4.72. The van der Waals surface area contributed by atoms with E-state index in [0.29, 0.717) is 25.3 Å². The van der Waals surface area contributed by atoms with Crippen LogP contribution in [0.25, 0.3) is 0 Å². The van der Waals surface area contributed by atoms with E-state index in [9.17, 15) is 8.42 Å². The quantitative estimate of drug-likeness (QED) is 0.713. The molecule has 0 unspecified atom stereocenters. The minimum absolute atomic E-state index is 0.260. The van der Waals surface area contributed by atoms with Gasteiger partial charge < -0.3 is 9.64 Å². The summed E-state index contributed by atoms with van der Waals surface area (Å²) < 4.78 is 33.0. The minimum atomic E-state index is -3.50. The highest BCUT2D eigenvalue weighted by Crippen LogP contribution is 2.20. The van der Waals surface area contributed by atoms with Crippen molar-refractivity contribution in [1.29, 1.82) is 0 Å². The molecule has 0 radical (unpaired) electrons. The predicted molar refractivity (Wildman–Crippen MR) is 109 cm³/mol. The average molecular weight is 389 g/mol. The van der Waals surface area contributed by atoms with Crippen LogP contribution in [0.3, 0.4) is 0 Å². The molecule has 1 fully saturated rings. The third kappa shape index (κ3) is 5.47. The fourth-order valence-corrected chi connectivity index (χ4v) is 4.23. The Bertz CT molecular complexity index is 812. The number of hydrogen-bond acceptors (Lipinski definition) is 4. The topological polar surface area (TPSA) is 58.6 Å². The monoisotopic (exact) mass is 388 g/mol. The van der Waals surface area contributed by atoms with E-state index in [1.807, 2.05) is 6.92 Å². The maximum atomic E-state index is 12.4. The van der Waals surface area contributed by atoms with Crippen molar-refractivity contribution < 1.29 is 13.2 Å². The van der Waals surface area contributed by atoms with Crippen molar-refractivity contribution >= 4 is 15.7 Å². The van der Waals surface area contributed by atoms with Gasteiger partial charge in [0.2, 0.25) is 10.0 Å². The van der Waals surface area contributed by atoms with Crippen molar-refractivity contribution in [2.45, 2.75) is 37.5 Å². The summed E-state index contributed by atoms with van der Waals surface area (Å²) in [6.45, 7) is 5.28. The number of nitrogens with one attached hydrogen (secondary N) is 1. The van der Waals surface area contributed by atoms with Crippen molar-refractivity contribution in [3.05, 3.63) is 54.1 Å². The van der Waals surface area contributed by atoms with Gasteiger partial charge in [0.05, 0.1) is 11.5 Å². The first-order chi connectivity index (χ1) is 13.1. The summed E-state index contributed by atoms with van der Waals surface area (Å²) in [5, 5.41) is 0. The summed E-state index contributed by atoms with van der Waals surface area (Å²) >= 11 is 0. The Morgan fingerprint density at radius 1 is 1.00 bits per heavy atom. The fraction of sp³-hybridized carbons (Fsp3) is 0.429. The smallest absolute Gasteiger partial charge is 0.240 e. The molecule has 1 aliphatic rings. The lowest BCUT2D eigenvalue weighted by atomic mass is 10.1. The minimum Gasteiger partial charge on any atom is -0.494 e. The largest absolute Gasteiger partial charge is 0.494 e. The molecule has 2 aromatic rings. The van der Waals surface area contributed by atoms with Crippen LogP contribution < -0.4 is 14.4 Å². The molecule has 1 saturated heterocycles. The van der Waals surface area contributed by atoms with Gasteiger partial charge in [0, 0.05) is 25.3 Å². The van der Waals surface area contributed by atoms with Crippen LogP contribution >= 0.6 is 0 Å². The van der Waals surface area contributed by atoms with Crippen LogP contribution in [0.15, 0.2) is 53.4 Å². The fourth-order valence-electron chi connectivity index (χ4n) is 3.20. The number of rotatable bonds is 9. The number of anilines is 1. The SMILES string of the molecule is CCCOc1ccc(S(=O)(=O)NCCc2ccc(N3CCCC3)cc2)cc1. The Hall–Kier alpha value is -2.05. The molecule has 0 saturated carbocycles. The Morgan fingerprint density at radius 3 is 2.30 bits per heavy atom. The predicted octanol–water partition coefficient (Wildman–Crippen LogP) is 3.60. The molecule has 0 aromatic heterocycles. The van der Waals surface area contributed by atoms with Gasteiger partial charge in [-0.1, -0.05) is 19.1 Å². The summed E-state index contributed by atoms with van der Waals surface area (Å²) in [5.74, 6) is 0.689. The second kappa shape index (κ2) is 9.24. The number of sulfonamides is 1. The van der Waals surface area contributed by atoms with Crippen molar-refractivity contribution in [2.75, 3.05) is 31.1 Å². The van der Waals surface area contributed by atoms with E-state index in [1.54, 1.807) is 24.3 Å². The average Bonchev–Trinajstić information content (AvgIpc) is 3.22. The summed E-state index contributed by atoms with van der Waals surface area (Å²) in [4.78, 5) is 2.65. The second-order valence-electron chi connectivity index (χ2n) is 6.83. The maximum absolute atomic E-state index is 12.4. The highest BCUT2D eigenvalue weighted by atomic mass is 32.2. The lowest BCUT2D eigenvalue weighted by Crippen LogP contribution is -2.26. The van der Waals surface area contributed by atoms with Gasteiger partial charge in [0.25, 0.3) is 0 Å². The molecule has 0 atom stereocenters. The molecule has 1 aliphatic heterocycles. The number of benzene rings is 2. The van der Waals surface area contributed by atoms with Gasteiger partial charge in [-0.05, 0) is 67.6 Å². The molecule has 0 bridgehead atoms. The first-order valence-electron chi connectivity index (χ1n) is 9.65. The molecule has 27 heavy (non-hydrogen) atoms. The Kier molecular flexibility index (Phi) is 6.74. The summed E-state index contributed by atoms with van der Waals surface area (Å²) in [7, 11) is -3.50. The van der Waals surface area contributed by atoms with E-state index in [0.717, 1.165) is 25.1 Å². The number of ether oxygens (including phenoxy) is 1. The summed E-state index contributed by atoms with van der Waals surface area (Å²) in [6.07, 6.45) is 4.10. The highest BCUT2D eigenvalue weighted by molar-refractivity contribution is 7.89. The molecular weight excluding hydrogens is 360 g/mol. The second-order valence-corrected chi connectivity index (χ2v) is 8.60. The molecule has 1 heterocycles. The van der Waals surface area contributed by atoms with E-state index in [1.165, 1.54) is 18.5 Å². The standard InChI is InChI=1S/C21H28N2O3S/c1-2-17-26-20-9-11-21(12-10-20)27(24,25)22-14-13-18-5-7-19(8-6-18)23-15-3-4-16-23/h5-12,22H,2-4,13-17H2,1H3. The van der Waals surface area contributed by atoms with E-state index < -0.39 is 10.0 Å². The molecule has 0 spiro atoms. The van der Waals surface area contributed by atoms with Crippen molar-refractivity contribution in [3.8, 4) is 5.75 Å². The van der Waals surface area contributed by atoms with Crippen LogP contribution in [0, 0.1) is 0 Å². The Morgan fingerprint density at radius 2 is 1.67 bits per heavy atom. The molecule has 0 amide bonds. The zero-order chi connectivity index (χ0) is 19.1. The van der Waals surface area contributed by atoms with Crippen molar-refractivity contribution in [2.24, 2.45) is 0 Å². The van der Waals surface area contributed by atoms with Crippen molar-refractivity contribution in [1.82, 2.24) is 4.72 Å². The first kappa shape index (κ1) is 19.7. The molecule has 0 aliphatic carbocycles. The van der Waals surface area contributed by atoms with Gasteiger partial charge in [-0.15, -0.1) is 0 Å². The number of hydrogen-bond donors (Lipinski definition) is 1. The third-order valence-corrected chi connectivity index (χ3v) is 6.20. The van der Waals surface area contributed by atoms with E-state index in [-0.39, 0.29) is 4.90 Å². The van der Waals surface area contributed by atoms with Crippen LogP contribution in [0.2, 0.25) is 0 Å².